The predicted octanol–water partition coefficient (Wildman–Crippen LogP) is 4.95. The van der Waals surface area contributed by atoms with E-state index in [2.05, 4.69) is 40.6 Å². The van der Waals surface area contributed by atoms with Crippen LogP contribution in [0.3, 0.4) is 0 Å². The van der Waals surface area contributed by atoms with Gasteiger partial charge in [0.1, 0.15) is 11.3 Å². The van der Waals surface area contributed by atoms with E-state index in [-0.39, 0.29) is 6.04 Å². The van der Waals surface area contributed by atoms with Crippen LogP contribution in [0.15, 0.2) is 60.8 Å². The van der Waals surface area contributed by atoms with E-state index in [1.165, 1.54) is 0 Å². The van der Waals surface area contributed by atoms with Gasteiger partial charge < -0.3 is 24.8 Å². The van der Waals surface area contributed by atoms with Crippen LogP contribution in [-0.2, 0) is 33.3 Å². The molecule has 1 amide bonds. The highest BCUT2D eigenvalue weighted by molar-refractivity contribution is 6.74. The van der Waals surface area contributed by atoms with Crippen LogP contribution in [-0.4, -0.2) is 65.7 Å². The summed E-state index contributed by atoms with van der Waals surface area (Å²) in [6, 6.07) is 17.4. The summed E-state index contributed by atoms with van der Waals surface area (Å²) in [6.07, 6.45) is 0.683. The number of benzene rings is 2. The number of hydrogen-bond acceptors (Lipinski definition) is 8. The molecule has 1 aliphatic heterocycles. The van der Waals surface area contributed by atoms with Gasteiger partial charge in [-0.3, -0.25) is 4.68 Å². The Balaban J connectivity index is 1.42. The lowest BCUT2D eigenvalue weighted by atomic mass is 10.00. The zero-order chi connectivity index (χ0) is 29.6. The van der Waals surface area contributed by atoms with Crippen LogP contribution in [0.4, 0.5) is 9.59 Å². The minimum absolute atomic E-state index is 0.270. The predicted molar refractivity (Wildman–Crippen MR) is 159 cm³/mol. The number of rotatable bonds is 9. The molecule has 10 nitrogen and oxygen atoms in total. The average Bonchev–Trinajstić information content (AvgIpc) is 3.49. The molecule has 220 valence electrons. The monoisotopic (exact) mass is 579 g/mol. The topological polar surface area (TPSA) is 117 Å². The van der Waals surface area contributed by atoms with E-state index < -0.39 is 38.1 Å². The Morgan fingerprint density at radius 1 is 1.02 bits per heavy atom. The van der Waals surface area contributed by atoms with E-state index in [0.29, 0.717) is 19.5 Å². The summed E-state index contributed by atoms with van der Waals surface area (Å²) in [6.45, 7) is 12.9. The normalized spacial score (nSPS) is 19.0. The third kappa shape index (κ3) is 9.43. The number of carbonyl (C=O) groups is 2. The molecule has 3 atom stereocenters. The standard InChI is InChI=1S/C30H41N5O5Si/c1-30(2,3)40-29(37)38-26-18-31-24(27(26)39-28(36)32-17-22-10-8-7-9-11-22)16-21-12-14-23(15-13-21)25-19-35(34-33-25)20-41(4,5)6/h7-15,19,24,26-27,31H,16-18,20H2,1-6H3,(H,32,36)/t24-,26+,27+/m1/s1. The molecule has 2 heterocycles. The third-order valence-electron chi connectivity index (χ3n) is 6.38. The summed E-state index contributed by atoms with van der Waals surface area (Å²) in [4.78, 5) is 25.2. The molecular formula is C30H41N5O5Si. The van der Waals surface area contributed by atoms with E-state index >= 15 is 0 Å². The highest BCUT2D eigenvalue weighted by atomic mass is 28.3. The van der Waals surface area contributed by atoms with Gasteiger partial charge in [-0.05, 0) is 38.3 Å². The molecule has 1 fully saturated rings. The van der Waals surface area contributed by atoms with Crippen LogP contribution in [0, 0.1) is 0 Å². The number of alkyl carbamates (subject to hydrolysis) is 1. The van der Waals surface area contributed by atoms with E-state index in [1.807, 2.05) is 65.5 Å². The van der Waals surface area contributed by atoms with Gasteiger partial charge >= 0.3 is 12.2 Å². The van der Waals surface area contributed by atoms with Crippen molar-refractivity contribution in [3.05, 3.63) is 71.9 Å². The molecule has 0 radical (unpaired) electrons. The molecule has 11 heteroatoms. The SMILES string of the molecule is CC(C)(C)OC(=O)O[C@H]1CN[C@H](Cc2ccc(-c3cn(C[Si](C)(C)C)nn3)cc2)[C@@H]1OC(=O)NCc1ccccc1. The van der Waals surface area contributed by atoms with Crippen LogP contribution >= 0.6 is 0 Å². The largest absolute Gasteiger partial charge is 0.509 e. The second-order valence-electron chi connectivity index (χ2n) is 12.6. The molecule has 0 spiro atoms. The van der Waals surface area contributed by atoms with Gasteiger partial charge in [-0.25, -0.2) is 9.59 Å². The number of nitrogens with one attached hydrogen (secondary N) is 2. The molecule has 0 unspecified atom stereocenters. The molecule has 2 N–H and O–H groups in total. The van der Waals surface area contributed by atoms with Gasteiger partial charge in [-0.15, -0.1) is 5.10 Å². The van der Waals surface area contributed by atoms with E-state index in [0.717, 1.165) is 28.6 Å². The van der Waals surface area contributed by atoms with Crippen molar-refractivity contribution < 1.29 is 23.8 Å². The van der Waals surface area contributed by atoms with Gasteiger partial charge in [-0.1, -0.05) is 79.5 Å². The van der Waals surface area contributed by atoms with E-state index in [1.54, 1.807) is 20.8 Å². The number of ether oxygens (including phenoxy) is 3. The number of hydrogen-bond donors (Lipinski definition) is 2. The molecule has 0 bridgehead atoms. The number of nitrogens with zero attached hydrogens (tertiary/aromatic N) is 3. The molecule has 1 aromatic heterocycles. The molecule has 3 aromatic rings. The van der Waals surface area contributed by atoms with Crippen LogP contribution in [0.25, 0.3) is 11.3 Å². The molecule has 41 heavy (non-hydrogen) atoms. The average molecular weight is 580 g/mol. The van der Waals surface area contributed by atoms with Crippen molar-refractivity contribution >= 4 is 20.3 Å². The number of amides is 1. The lowest BCUT2D eigenvalue weighted by molar-refractivity contribution is -0.0518. The first kappa shape index (κ1) is 30.3. The van der Waals surface area contributed by atoms with E-state index in [4.69, 9.17) is 14.2 Å². The molecular weight excluding hydrogens is 538 g/mol. The highest BCUT2D eigenvalue weighted by Gasteiger charge is 2.42. The molecule has 0 saturated carbocycles. The van der Waals surface area contributed by atoms with Gasteiger partial charge in [0, 0.05) is 24.8 Å². The Kier molecular flexibility index (Phi) is 9.49. The summed E-state index contributed by atoms with van der Waals surface area (Å²) >= 11 is 0. The van der Waals surface area contributed by atoms with Crippen LogP contribution < -0.4 is 10.6 Å². The Labute approximate surface area is 242 Å². The first-order valence-corrected chi connectivity index (χ1v) is 17.7. The van der Waals surface area contributed by atoms with Crippen molar-refractivity contribution in [3.63, 3.8) is 0 Å². The number of aromatic nitrogens is 3. The zero-order valence-corrected chi connectivity index (χ0v) is 25.7. The maximum absolute atomic E-state index is 12.8. The lowest BCUT2D eigenvalue weighted by Crippen LogP contribution is -2.43. The van der Waals surface area contributed by atoms with Crippen LogP contribution in [0.2, 0.25) is 19.6 Å². The molecule has 2 aromatic carbocycles. The van der Waals surface area contributed by atoms with Gasteiger partial charge in [0.15, 0.2) is 12.2 Å². The summed E-state index contributed by atoms with van der Waals surface area (Å²) in [5.41, 5.74) is 3.10. The third-order valence-corrected chi connectivity index (χ3v) is 7.66. The fourth-order valence-electron chi connectivity index (χ4n) is 4.61. The highest BCUT2D eigenvalue weighted by Crippen LogP contribution is 2.23. The van der Waals surface area contributed by atoms with Gasteiger partial charge in [0.05, 0.1) is 20.3 Å². The Morgan fingerprint density at radius 2 is 1.73 bits per heavy atom. The fraction of sp³-hybridized carbons (Fsp3) is 0.467. The maximum atomic E-state index is 12.8. The summed E-state index contributed by atoms with van der Waals surface area (Å²) < 4.78 is 18.7. The minimum Gasteiger partial charge on any atom is -0.441 e. The first-order valence-electron chi connectivity index (χ1n) is 14.0. The van der Waals surface area contributed by atoms with E-state index in [9.17, 15) is 9.59 Å². The summed E-state index contributed by atoms with van der Waals surface area (Å²) in [5, 5.41) is 14.8. The van der Waals surface area contributed by atoms with Crippen molar-refractivity contribution in [2.24, 2.45) is 0 Å². The number of carbonyl (C=O) groups excluding carboxylic acids is 2. The van der Waals surface area contributed by atoms with Crippen LogP contribution in [0.5, 0.6) is 0 Å². The van der Waals surface area contributed by atoms with Crippen molar-refractivity contribution in [1.29, 1.82) is 0 Å². The second kappa shape index (κ2) is 12.9. The molecule has 1 saturated heterocycles. The quantitative estimate of drug-likeness (QED) is 0.270. The Bertz CT molecular complexity index is 1300. The summed E-state index contributed by atoms with van der Waals surface area (Å²) in [5.74, 6) is 0. The second-order valence-corrected chi connectivity index (χ2v) is 18.0. The van der Waals surface area contributed by atoms with Crippen LogP contribution in [0.1, 0.15) is 31.9 Å². The Morgan fingerprint density at radius 3 is 2.39 bits per heavy atom. The summed E-state index contributed by atoms with van der Waals surface area (Å²) in [7, 11) is -1.31. The van der Waals surface area contributed by atoms with Crippen molar-refractivity contribution in [2.45, 2.75) is 83.4 Å². The molecule has 4 rings (SSSR count). The maximum Gasteiger partial charge on any atom is 0.509 e. The van der Waals surface area contributed by atoms with Crippen molar-refractivity contribution in [1.82, 2.24) is 25.6 Å². The van der Waals surface area contributed by atoms with Crippen molar-refractivity contribution in [2.75, 3.05) is 6.54 Å². The van der Waals surface area contributed by atoms with Gasteiger partial charge in [0.2, 0.25) is 0 Å². The molecule has 0 aliphatic carbocycles. The smallest absolute Gasteiger partial charge is 0.441 e. The molecule has 1 aliphatic rings. The first-order chi connectivity index (χ1) is 19.3. The minimum atomic E-state index is -1.31. The Hall–Kier alpha value is -3.70. The van der Waals surface area contributed by atoms with Crippen molar-refractivity contribution in [3.8, 4) is 11.3 Å². The fourth-order valence-corrected chi connectivity index (χ4v) is 5.73. The van der Waals surface area contributed by atoms with Gasteiger partial charge in [-0.2, -0.15) is 0 Å². The lowest BCUT2D eigenvalue weighted by Gasteiger charge is -2.26. The zero-order valence-electron chi connectivity index (χ0n) is 24.7. The van der Waals surface area contributed by atoms with Gasteiger partial charge in [0.25, 0.3) is 0 Å².